The Morgan fingerprint density at radius 3 is 2.47 bits per heavy atom. The molecule has 0 saturated carbocycles. The molecule has 1 fully saturated rings. The normalized spacial score (nSPS) is 14.4. The number of aryl methyl sites for hydroxylation is 1. The van der Waals surface area contributed by atoms with Crippen LogP contribution in [0.2, 0.25) is 0 Å². The fourth-order valence-electron chi connectivity index (χ4n) is 3.61. The van der Waals surface area contributed by atoms with E-state index in [0.717, 1.165) is 25.7 Å². The number of benzene rings is 2. The van der Waals surface area contributed by atoms with Crippen LogP contribution in [0.4, 0.5) is 0 Å². The van der Waals surface area contributed by atoms with Crippen molar-refractivity contribution < 1.29 is 19.1 Å². The fourth-order valence-corrected chi connectivity index (χ4v) is 3.61. The zero-order valence-electron chi connectivity index (χ0n) is 17.5. The van der Waals surface area contributed by atoms with Crippen LogP contribution in [0.25, 0.3) is 0 Å². The van der Waals surface area contributed by atoms with Crippen LogP contribution in [0.3, 0.4) is 0 Å². The minimum atomic E-state index is -0.119. The summed E-state index contributed by atoms with van der Waals surface area (Å²) in [6, 6.07) is 17.6. The molecule has 1 saturated heterocycles. The van der Waals surface area contributed by atoms with Crippen LogP contribution in [-0.4, -0.2) is 56.2 Å². The number of carbonyl (C=O) groups is 2. The van der Waals surface area contributed by atoms with E-state index in [1.165, 1.54) is 12.7 Å². The summed E-state index contributed by atoms with van der Waals surface area (Å²) in [6.07, 6.45) is 3.28. The molecule has 0 unspecified atom stereocenters. The monoisotopic (exact) mass is 410 g/mol. The van der Waals surface area contributed by atoms with Crippen LogP contribution >= 0.6 is 0 Å². The fraction of sp³-hybridized carbons (Fsp3) is 0.417. The molecule has 160 valence electrons. The molecule has 3 rings (SSSR count). The van der Waals surface area contributed by atoms with E-state index in [-0.39, 0.29) is 24.5 Å². The lowest BCUT2D eigenvalue weighted by atomic mass is 10.1. The van der Waals surface area contributed by atoms with Crippen molar-refractivity contribution in [3.8, 4) is 5.75 Å². The SMILES string of the molecule is COCC(=O)N1CCC(Oc2ccccc2C(=O)NCCCc2ccccc2)CC1. The van der Waals surface area contributed by atoms with Gasteiger partial charge in [-0.05, 0) is 30.5 Å². The van der Waals surface area contributed by atoms with Gasteiger partial charge in [-0.1, -0.05) is 42.5 Å². The smallest absolute Gasteiger partial charge is 0.255 e. The molecule has 30 heavy (non-hydrogen) atoms. The number of carbonyl (C=O) groups excluding carboxylic acids is 2. The van der Waals surface area contributed by atoms with Crippen molar-refractivity contribution in [3.05, 3.63) is 65.7 Å². The molecule has 0 spiro atoms. The molecule has 1 N–H and O–H groups in total. The molecule has 2 amide bonds. The summed E-state index contributed by atoms with van der Waals surface area (Å²) in [6.45, 7) is 2.00. The average molecular weight is 411 g/mol. The molecular weight excluding hydrogens is 380 g/mol. The molecule has 0 aromatic heterocycles. The van der Waals surface area contributed by atoms with Gasteiger partial charge in [0, 0.05) is 39.6 Å². The molecule has 0 atom stereocenters. The molecule has 0 radical (unpaired) electrons. The van der Waals surface area contributed by atoms with Gasteiger partial charge in [-0.2, -0.15) is 0 Å². The Labute approximate surface area is 178 Å². The molecule has 6 heteroatoms. The third-order valence-electron chi connectivity index (χ3n) is 5.26. The second-order valence-corrected chi connectivity index (χ2v) is 7.47. The zero-order valence-corrected chi connectivity index (χ0v) is 17.5. The van der Waals surface area contributed by atoms with Crippen LogP contribution in [-0.2, 0) is 16.0 Å². The zero-order chi connectivity index (χ0) is 21.2. The maximum Gasteiger partial charge on any atom is 0.255 e. The van der Waals surface area contributed by atoms with E-state index >= 15 is 0 Å². The van der Waals surface area contributed by atoms with Gasteiger partial charge in [0.15, 0.2) is 0 Å². The Morgan fingerprint density at radius 2 is 1.73 bits per heavy atom. The minimum absolute atomic E-state index is 0.00577. The van der Waals surface area contributed by atoms with Gasteiger partial charge in [0.05, 0.1) is 5.56 Å². The van der Waals surface area contributed by atoms with Crippen molar-refractivity contribution in [1.29, 1.82) is 0 Å². The summed E-state index contributed by atoms with van der Waals surface area (Å²) < 4.78 is 11.1. The first kappa shape index (κ1) is 21.8. The number of hydrogen-bond donors (Lipinski definition) is 1. The second kappa shape index (κ2) is 11.4. The van der Waals surface area contributed by atoms with Crippen molar-refractivity contribution in [2.24, 2.45) is 0 Å². The van der Waals surface area contributed by atoms with Crippen molar-refractivity contribution in [2.45, 2.75) is 31.8 Å². The third kappa shape index (κ3) is 6.32. The maximum absolute atomic E-state index is 12.7. The van der Waals surface area contributed by atoms with Crippen molar-refractivity contribution >= 4 is 11.8 Å². The van der Waals surface area contributed by atoms with E-state index in [1.807, 2.05) is 36.4 Å². The van der Waals surface area contributed by atoms with Crippen LogP contribution in [0.5, 0.6) is 5.75 Å². The number of ether oxygens (including phenoxy) is 2. The third-order valence-corrected chi connectivity index (χ3v) is 5.26. The molecule has 0 aliphatic carbocycles. The summed E-state index contributed by atoms with van der Waals surface area (Å²) in [5, 5.41) is 3.00. The first-order valence-corrected chi connectivity index (χ1v) is 10.5. The van der Waals surface area contributed by atoms with E-state index in [1.54, 1.807) is 11.0 Å². The number of rotatable bonds is 9. The van der Waals surface area contributed by atoms with Crippen LogP contribution < -0.4 is 10.1 Å². The number of piperidine rings is 1. The molecule has 2 aromatic rings. The van der Waals surface area contributed by atoms with E-state index in [4.69, 9.17) is 9.47 Å². The van der Waals surface area contributed by atoms with E-state index in [2.05, 4.69) is 17.4 Å². The quantitative estimate of drug-likeness (QED) is 0.645. The van der Waals surface area contributed by atoms with Crippen molar-refractivity contribution in [2.75, 3.05) is 33.4 Å². The largest absolute Gasteiger partial charge is 0.489 e. The van der Waals surface area contributed by atoms with Crippen LogP contribution in [0, 0.1) is 0 Å². The van der Waals surface area contributed by atoms with E-state index in [0.29, 0.717) is 30.9 Å². The van der Waals surface area contributed by atoms with Gasteiger partial charge in [-0.25, -0.2) is 0 Å². The standard InChI is InChI=1S/C24H30N2O4/c1-29-18-23(27)26-16-13-20(14-17-26)30-22-12-6-5-11-21(22)24(28)25-15-7-10-19-8-3-2-4-9-19/h2-6,8-9,11-12,20H,7,10,13-18H2,1H3,(H,25,28). The number of amides is 2. The summed E-state index contributed by atoms with van der Waals surface area (Å²) >= 11 is 0. The molecule has 0 bridgehead atoms. The van der Waals surface area contributed by atoms with Gasteiger partial charge < -0.3 is 19.7 Å². The Morgan fingerprint density at radius 1 is 1.03 bits per heavy atom. The highest BCUT2D eigenvalue weighted by Crippen LogP contribution is 2.23. The van der Waals surface area contributed by atoms with Gasteiger partial charge in [-0.15, -0.1) is 0 Å². The summed E-state index contributed by atoms with van der Waals surface area (Å²) in [5.41, 5.74) is 1.82. The number of nitrogens with one attached hydrogen (secondary N) is 1. The van der Waals surface area contributed by atoms with Crippen molar-refractivity contribution in [3.63, 3.8) is 0 Å². The molecule has 1 aliphatic heterocycles. The van der Waals surface area contributed by atoms with Gasteiger partial charge in [0.1, 0.15) is 18.5 Å². The highest BCUT2D eigenvalue weighted by atomic mass is 16.5. The highest BCUT2D eigenvalue weighted by molar-refractivity contribution is 5.96. The Bertz CT molecular complexity index is 817. The summed E-state index contributed by atoms with van der Waals surface area (Å²) in [5.74, 6) is 0.484. The Hall–Kier alpha value is -2.86. The lowest BCUT2D eigenvalue weighted by Crippen LogP contribution is -2.43. The van der Waals surface area contributed by atoms with Gasteiger partial charge in [-0.3, -0.25) is 9.59 Å². The lowest BCUT2D eigenvalue weighted by molar-refractivity contribution is -0.136. The minimum Gasteiger partial charge on any atom is -0.489 e. The van der Waals surface area contributed by atoms with Gasteiger partial charge >= 0.3 is 0 Å². The van der Waals surface area contributed by atoms with Crippen LogP contribution in [0.1, 0.15) is 35.2 Å². The summed E-state index contributed by atoms with van der Waals surface area (Å²) in [4.78, 5) is 26.4. The van der Waals surface area contributed by atoms with Gasteiger partial charge in [0.2, 0.25) is 5.91 Å². The van der Waals surface area contributed by atoms with E-state index < -0.39 is 0 Å². The number of para-hydroxylation sites is 1. The lowest BCUT2D eigenvalue weighted by Gasteiger charge is -2.32. The molecule has 1 aliphatic rings. The number of methoxy groups -OCH3 is 1. The maximum atomic E-state index is 12.7. The average Bonchev–Trinajstić information content (AvgIpc) is 2.78. The first-order chi connectivity index (χ1) is 14.7. The highest BCUT2D eigenvalue weighted by Gasteiger charge is 2.25. The summed E-state index contributed by atoms with van der Waals surface area (Å²) in [7, 11) is 1.53. The first-order valence-electron chi connectivity index (χ1n) is 10.5. The topological polar surface area (TPSA) is 67.9 Å². The van der Waals surface area contributed by atoms with Crippen molar-refractivity contribution in [1.82, 2.24) is 10.2 Å². The Kier molecular flexibility index (Phi) is 8.27. The number of hydrogen-bond acceptors (Lipinski definition) is 4. The number of nitrogens with zero attached hydrogens (tertiary/aromatic N) is 1. The Balaban J connectivity index is 1.48. The molecule has 6 nitrogen and oxygen atoms in total. The molecule has 1 heterocycles. The van der Waals surface area contributed by atoms with Crippen LogP contribution in [0.15, 0.2) is 54.6 Å². The second-order valence-electron chi connectivity index (χ2n) is 7.47. The molecule has 2 aromatic carbocycles. The number of likely N-dealkylation sites (tertiary alicyclic amines) is 1. The van der Waals surface area contributed by atoms with E-state index in [9.17, 15) is 9.59 Å². The predicted octanol–water partition coefficient (Wildman–Crippen LogP) is 3.07. The molecular formula is C24H30N2O4. The predicted molar refractivity (Wildman–Crippen MR) is 116 cm³/mol. The van der Waals surface area contributed by atoms with Gasteiger partial charge in [0.25, 0.3) is 5.91 Å².